The van der Waals surface area contributed by atoms with E-state index < -0.39 is 22.8 Å². The minimum atomic E-state index is -0.755. The summed E-state index contributed by atoms with van der Waals surface area (Å²) in [5.41, 5.74) is -0.933. The van der Waals surface area contributed by atoms with E-state index >= 15 is 0 Å². The number of ketones is 1. The van der Waals surface area contributed by atoms with Crippen LogP contribution < -0.4 is 4.74 Å². The number of halogens is 2. The SMILES string of the molecule is CCC(C)(C)C(=O)c1cc(F)c(OC)cc1F. The Morgan fingerprint density at radius 2 is 1.88 bits per heavy atom. The van der Waals surface area contributed by atoms with Crippen molar-refractivity contribution in [2.75, 3.05) is 7.11 Å². The van der Waals surface area contributed by atoms with Crippen molar-refractivity contribution < 1.29 is 18.3 Å². The Morgan fingerprint density at radius 3 is 2.35 bits per heavy atom. The summed E-state index contributed by atoms with van der Waals surface area (Å²) in [6.07, 6.45) is 0.554. The van der Waals surface area contributed by atoms with E-state index in [-0.39, 0.29) is 11.3 Å². The highest BCUT2D eigenvalue weighted by Gasteiger charge is 2.29. The molecule has 0 aliphatic heterocycles. The molecule has 0 radical (unpaired) electrons. The van der Waals surface area contributed by atoms with Gasteiger partial charge in [-0.3, -0.25) is 4.79 Å². The van der Waals surface area contributed by atoms with Gasteiger partial charge in [0.15, 0.2) is 17.3 Å². The molecule has 1 aromatic carbocycles. The van der Waals surface area contributed by atoms with Gasteiger partial charge >= 0.3 is 0 Å². The van der Waals surface area contributed by atoms with Gasteiger partial charge in [0, 0.05) is 11.5 Å². The summed E-state index contributed by atoms with van der Waals surface area (Å²) in [5.74, 6) is -2.09. The minimum absolute atomic E-state index is 0.201. The standard InChI is InChI=1S/C13H16F2O2/c1-5-13(2,3)12(16)8-6-10(15)11(17-4)7-9(8)14/h6-7H,5H2,1-4H3. The summed E-state index contributed by atoms with van der Waals surface area (Å²) >= 11 is 0. The van der Waals surface area contributed by atoms with Crippen molar-refractivity contribution in [2.24, 2.45) is 5.41 Å². The maximum absolute atomic E-state index is 13.7. The predicted octanol–water partition coefficient (Wildman–Crippen LogP) is 3.59. The number of hydrogen-bond donors (Lipinski definition) is 0. The fourth-order valence-corrected chi connectivity index (χ4v) is 1.38. The molecule has 0 aliphatic rings. The molecule has 0 fully saturated rings. The van der Waals surface area contributed by atoms with Crippen molar-refractivity contribution in [3.63, 3.8) is 0 Å². The summed E-state index contributed by atoms with van der Waals surface area (Å²) < 4.78 is 31.8. The van der Waals surface area contributed by atoms with Crippen molar-refractivity contribution >= 4 is 5.78 Å². The normalized spacial score (nSPS) is 11.4. The van der Waals surface area contributed by atoms with Gasteiger partial charge < -0.3 is 4.74 Å². The molecule has 0 saturated heterocycles. The fourth-order valence-electron chi connectivity index (χ4n) is 1.38. The van der Waals surface area contributed by atoms with Gasteiger partial charge in [0.25, 0.3) is 0 Å². The van der Waals surface area contributed by atoms with E-state index in [0.29, 0.717) is 6.42 Å². The second kappa shape index (κ2) is 4.82. The Bertz CT molecular complexity index is 439. The first-order chi connectivity index (χ1) is 7.83. The lowest BCUT2D eigenvalue weighted by Gasteiger charge is -2.21. The molecule has 2 nitrogen and oxygen atoms in total. The molecule has 94 valence electrons. The van der Waals surface area contributed by atoms with Gasteiger partial charge in [-0.15, -0.1) is 0 Å². The Kier molecular flexibility index (Phi) is 3.86. The first-order valence-corrected chi connectivity index (χ1v) is 5.41. The minimum Gasteiger partial charge on any atom is -0.494 e. The number of hydrogen-bond acceptors (Lipinski definition) is 2. The summed E-state index contributed by atoms with van der Waals surface area (Å²) in [6, 6.07) is 1.79. The Morgan fingerprint density at radius 1 is 1.29 bits per heavy atom. The van der Waals surface area contributed by atoms with Crippen LogP contribution in [0, 0.1) is 17.0 Å². The van der Waals surface area contributed by atoms with Gasteiger partial charge in [-0.25, -0.2) is 8.78 Å². The molecule has 0 amide bonds. The van der Waals surface area contributed by atoms with Gasteiger partial charge in [0.1, 0.15) is 5.82 Å². The zero-order chi connectivity index (χ0) is 13.2. The average Bonchev–Trinajstić information content (AvgIpc) is 2.30. The van der Waals surface area contributed by atoms with Crippen molar-refractivity contribution in [3.8, 4) is 5.75 Å². The molecule has 0 atom stereocenters. The molecule has 0 bridgehead atoms. The van der Waals surface area contributed by atoms with Crippen molar-refractivity contribution in [1.82, 2.24) is 0 Å². The molecule has 0 spiro atoms. The van der Waals surface area contributed by atoms with Crippen molar-refractivity contribution in [1.29, 1.82) is 0 Å². The van der Waals surface area contributed by atoms with Crippen molar-refractivity contribution in [2.45, 2.75) is 27.2 Å². The molecule has 0 aliphatic carbocycles. The Labute approximate surface area is 99.6 Å². The maximum Gasteiger partial charge on any atom is 0.171 e. The first-order valence-electron chi connectivity index (χ1n) is 5.41. The molecule has 1 rings (SSSR count). The number of rotatable bonds is 4. The van der Waals surface area contributed by atoms with Gasteiger partial charge in [-0.1, -0.05) is 20.8 Å². The zero-order valence-electron chi connectivity index (χ0n) is 10.4. The second-order valence-electron chi connectivity index (χ2n) is 4.53. The number of benzene rings is 1. The molecular weight excluding hydrogens is 226 g/mol. The highest BCUT2D eigenvalue weighted by atomic mass is 19.1. The first kappa shape index (κ1) is 13.6. The van der Waals surface area contributed by atoms with E-state index in [4.69, 9.17) is 0 Å². The van der Waals surface area contributed by atoms with E-state index in [1.165, 1.54) is 7.11 Å². The van der Waals surface area contributed by atoms with Crippen LogP contribution in [0.3, 0.4) is 0 Å². The van der Waals surface area contributed by atoms with Crippen LogP contribution in [0.4, 0.5) is 8.78 Å². The molecule has 0 unspecified atom stereocenters. The summed E-state index contributed by atoms with van der Waals surface area (Å²) in [6.45, 7) is 5.24. The van der Waals surface area contributed by atoms with Crippen molar-refractivity contribution in [3.05, 3.63) is 29.3 Å². The van der Waals surface area contributed by atoms with Crippen LogP contribution in [0.25, 0.3) is 0 Å². The fraction of sp³-hybridized carbons (Fsp3) is 0.462. The zero-order valence-corrected chi connectivity index (χ0v) is 10.4. The smallest absolute Gasteiger partial charge is 0.171 e. The lowest BCUT2D eigenvalue weighted by Crippen LogP contribution is -2.24. The van der Waals surface area contributed by atoms with Gasteiger partial charge in [-0.2, -0.15) is 0 Å². The van der Waals surface area contributed by atoms with Crippen LogP contribution in [-0.2, 0) is 0 Å². The van der Waals surface area contributed by atoms with E-state index in [2.05, 4.69) is 4.74 Å². The van der Waals surface area contributed by atoms with Crippen LogP contribution in [0.2, 0.25) is 0 Å². The van der Waals surface area contributed by atoms with Crippen LogP contribution in [0.1, 0.15) is 37.6 Å². The van der Waals surface area contributed by atoms with Crippen LogP contribution in [0.15, 0.2) is 12.1 Å². The van der Waals surface area contributed by atoms with E-state index in [9.17, 15) is 13.6 Å². The average molecular weight is 242 g/mol. The second-order valence-corrected chi connectivity index (χ2v) is 4.53. The lowest BCUT2D eigenvalue weighted by atomic mass is 9.82. The van der Waals surface area contributed by atoms with Crippen LogP contribution in [-0.4, -0.2) is 12.9 Å². The monoisotopic (exact) mass is 242 g/mol. The summed E-state index contributed by atoms with van der Waals surface area (Å²) in [5, 5.41) is 0. The molecule has 17 heavy (non-hydrogen) atoms. The number of carbonyl (C=O) groups excluding carboxylic acids is 1. The Hall–Kier alpha value is -1.45. The number of ether oxygens (including phenoxy) is 1. The lowest BCUT2D eigenvalue weighted by molar-refractivity contribution is 0.0828. The van der Waals surface area contributed by atoms with E-state index in [1.54, 1.807) is 13.8 Å². The van der Waals surface area contributed by atoms with Gasteiger partial charge in [-0.05, 0) is 12.5 Å². The quantitative estimate of drug-likeness (QED) is 0.754. The highest BCUT2D eigenvalue weighted by Crippen LogP contribution is 2.29. The van der Waals surface area contributed by atoms with Crippen LogP contribution in [0.5, 0.6) is 5.75 Å². The third-order valence-corrected chi connectivity index (χ3v) is 2.98. The molecule has 0 saturated carbocycles. The summed E-state index contributed by atoms with van der Waals surface area (Å²) in [4.78, 5) is 12.0. The third-order valence-electron chi connectivity index (χ3n) is 2.98. The molecule has 0 N–H and O–H groups in total. The topological polar surface area (TPSA) is 26.3 Å². The predicted molar refractivity (Wildman–Crippen MR) is 61.3 cm³/mol. The number of carbonyl (C=O) groups is 1. The summed E-state index contributed by atoms with van der Waals surface area (Å²) in [7, 11) is 1.25. The molecule has 1 aromatic rings. The van der Waals surface area contributed by atoms with E-state index in [1.807, 2.05) is 6.92 Å². The van der Waals surface area contributed by atoms with Crippen LogP contribution >= 0.6 is 0 Å². The maximum atomic E-state index is 13.7. The molecule has 0 heterocycles. The molecule has 4 heteroatoms. The largest absolute Gasteiger partial charge is 0.494 e. The molecule has 0 aromatic heterocycles. The third kappa shape index (κ3) is 2.62. The van der Waals surface area contributed by atoms with Gasteiger partial charge in [0.2, 0.25) is 0 Å². The van der Waals surface area contributed by atoms with E-state index in [0.717, 1.165) is 12.1 Å². The van der Waals surface area contributed by atoms with Gasteiger partial charge in [0.05, 0.1) is 12.7 Å². The Balaban J connectivity index is 3.25. The number of Topliss-reactive ketones (excluding diaryl/α,β-unsaturated/α-hetero) is 1. The number of methoxy groups -OCH3 is 1. The molecular formula is C13H16F2O2. The highest BCUT2D eigenvalue weighted by molar-refractivity contribution is 6.00.